The van der Waals surface area contributed by atoms with Crippen LogP contribution in [0.15, 0.2) is 17.2 Å². The van der Waals surface area contributed by atoms with Gasteiger partial charge >= 0.3 is 6.18 Å². The number of rotatable bonds is 8. The summed E-state index contributed by atoms with van der Waals surface area (Å²) in [5.41, 5.74) is 0.420. The Kier molecular flexibility index (Phi) is 7.52. The molecule has 11 nitrogen and oxygen atoms in total. The molecule has 0 saturated carbocycles. The number of hydrogen-bond donors (Lipinski definition) is 0. The Balaban J connectivity index is 1.46. The normalized spacial score (nSPS) is 17.8. The second-order valence-electron chi connectivity index (χ2n) is 8.91. The number of sulfonamides is 1. The van der Waals surface area contributed by atoms with Crippen LogP contribution >= 0.6 is 0 Å². The first-order chi connectivity index (χ1) is 16.9. The number of methoxy groups -OCH3 is 1. The van der Waals surface area contributed by atoms with E-state index >= 15 is 0 Å². The topological polar surface area (TPSA) is 120 Å². The largest absolute Gasteiger partial charge is 0.486 e. The molecule has 15 heteroatoms. The van der Waals surface area contributed by atoms with Crippen LogP contribution in [-0.2, 0) is 36.2 Å². The van der Waals surface area contributed by atoms with Crippen LogP contribution in [0.2, 0.25) is 0 Å². The van der Waals surface area contributed by atoms with E-state index in [0.29, 0.717) is 60.9 Å². The molecule has 4 rings (SSSR count). The lowest BCUT2D eigenvalue weighted by Gasteiger charge is -2.30. The summed E-state index contributed by atoms with van der Waals surface area (Å²) in [4.78, 5) is 27.5. The highest BCUT2D eigenvalue weighted by atomic mass is 32.2. The summed E-state index contributed by atoms with van der Waals surface area (Å²) in [6.07, 6.45) is 0.179. The molecular formula is C21H27F3N6O5S. The maximum Gasteiger partial charge on any atom is 0.406 e. The van der Waals surface area contributed by atoms with E-state index in [1.165, 1.54) is 17.6 Å². The standard InChI is InChI=1S/C21H27F3N6O5S/c1-34-19-8-25-15-9-28(10-16(15)27-19)11-18-26-7-17(20(31)30(18)13-21(22,23)24)35-12-14-3-5-29(6-4-14)36(2,32)33/h7-8,14H,3-6,9-13H2,1-2H3. The fourth-order valence-corrected chi connectivity index (χ4v) is 5.15. The van der Waals surface area contributed by atoms with Gasteiger partial charge in [0.1, 0.15) is 12.4 Å². The number of ether oxygens (including phenoxy) is 2. The Morgan fingerprint density at radius 1 is 1.11 bits per heavy atom. The number of hydrogen-bond acceptors (Lipinski definition) is 9. The monoisotopic (exact) mass is 532 g/mol. The minimum absolute atomic E-state index is 0.0179. The van der Waals surface area contributed by atoms with Gasteiger partial charge in [0.05, 0.1) is 50.3 Å². The van der Waals surface area contributed by atoms with Gasteiger partial charge in [0, 0.05) is 26.2 Å². The maximum atomic E-state index is 13.3. The van der Waals surface area contributed by atoms with Crippen molar-refractivity contribution in [3.63, 3.8) is 0 Å². The van der Waals surface area contributed by atoms with E-state index in [0.717, 1.165) is 12.5 Å². The fourth-order valence-electron chi connectivity index (χ4n) is 4.27. The highest BCUT2D eigenvalue weighted by Crippen LogP contribution is 2.24. The molecular weight excluding hydrogens is 505 g/mol. The number of piperidine rings is 1. The van der Waals surface area contributed by atoms with Crippen LogP contribution in [0, 0.1) is 5.92 Å². The number of aromatic nitrogens is 4. The van der Waals surface area contributed by atoms with Crippen LogP contribution in [0.1, 0.15) is 30.1 Å². The van der Waals surface area contributed by atoms with Crippen LogP contribution in [0.5, 0.6) is 11.6 Å². The van der Waals surface area contributed by atoms with E-state index in [9.17, 15) is 26.4 Å². The summed E-state index contributed by atoms with van der Waals surface area (Å²) in [7, 11) is -1.81. The molecule has 1 saturated heterocycles. The van der Waals surface area contributed by atoms with Gasteiger partial charge in [0.25, 0.3) is 5.56 Å². The maximum absolute atomic E-state index is 13.3. The molecule has 2 aliphatic rings. The first kappa shape index (κ1) is 26.3. The Bertz CT molecular complexity index is 1260. The predicted octanol–water partition coefficient (Wildman–Crippen LogP) is 1.17. The molecule has 0 N–H and O–H groups in total. The molecule has 2 aromatic rings. The molecule has 0 aliphatic carbocycles. The molecule has 36 heavy (non-hydrogen) atoms. The lowest BCUT2D eigenvalue weighted by molar-refractivity contribution is -0.142. The van der Waals surface area contributed by atoms with Crippen molar-refractivity contribution in [3.8, 4) is 11.6 Å². The Morgan fingerprint density at radius 3 is 2.44 bits per heavy atom. The second kappa shape index (κ2) is 10.3. The van der Waals surface area contributed by atoms with Crippen LogP contribution in [-0.4, -0.2) is 76.4 Å². The third kappa shape index (κ3) is 6.31. The van der Waals surface area contributed by atoms with Gasteiger partial charge in [-0.05, 0) is 18.8 Å². The second-order valence-corrected chi connectivity index (χ2v) is 10.9. The van der Waals surface area contributed by atoms with E-state index in [-0.39, 0.29) is 30.6 Å². The van der Waals surface area contributed by atoms with Gasteiger partial charge in [-0.1, -0.05) is 0 Å². The molecule has 0 amide bonds. The third-order valence-electron chi connectivity index (χ3n) is 6.18. The van der Waals surface area contributed by atoms with Crippen molar-refractivity contribution in [2.45, 2.75) is 45.2 Å². The Labute approximate surface area is 205 Å². The summed E-state index contributed by atoms with van der Waals surface area (Å²) in [6, 6.07) is 0. The Morgan fingerprint density at radius 2 is 1.81 bits per heavy atom. The molecule has 0 atom stereocenters. The van der Waals surface area contributed by atoms with Crippen LogP contribution < -0.4 is 15.0 Å². The molecule has 2 aromatic heterocycles. The van der Waals surface area contributed by atoms with E-state index in [4.69, 9.17) is 9.47 Å². The van der Waals surface area contributed by atoms with Crippen LogP contribution in [0.25, 0.3) is 0 Å². The van der Waals surface area contributed by atoms with Gasteiger partial charge in [-0.25, -0.2) is 22.7 Å². The van der Waals surface area contributed by atoms with Gasteiger partial charge in [0.15, 0.2) is 0 Å². The van der Waals surface area contributed by atoms with E-state index in [2.05, 4.69) is 15.0 Å². The molecule has 4 heterocycles. The molecule has 0 aromatic carbocycles. The van der Waals surface area contributed by atoms with Crippen molar-refractivity contribution in [3.05, 3.63) is 40.0 Å². The lowest BCUT2D eigenvalue weighted by atomic mass is 9.99. The van der Waals surface area contributed by atoms with Crippen molar-refractivity contribution in [1.29, 1.82) is 0 Å². The van der Waals surface area contributed by atoms with Crippen LogP contribution in [0.3, 0.4) is 0 Å². The predicted molar refractivity (Wildman–Crippen MR) is 121 cm³/mol. The summed E-state index contributed by atoms with van der Waals surface area (Å²) < 4.78 is 75.9. The van der Waals surface area contributed by atoms with Gasteiger partial charge in [-0.15, -0.1) is 0 Å². The van der Waals surface area contributed by atoms with E-state index < -0.39 is 28.3 Å². The first-order valence-corrected chi connectivity index (χ1v) is 13.1. The minimum atomic E-state index is -4.64. The molecule has 0 radical (unpaired) electrons. The van der Waals surface area contributed by atoms with Crippen molar-refractivity contribution < 1.29 is 31.1 Å². The first-order valence-electron chi connectivity index (χ1n) is 11.3. The van der Waals surface area contributed by atoms with Crippen molar-refractivity contribution in [2.24, 2.45) is 5.92 Å². The average Bonchev–Trinajstić information content (AvgIpc) is 3.21. The van der Waals surface area contributed by atoms with Gasteiger partial charge < -0.3 is 9.47 Å². The van der Waals surface area contributed by atoms with Crippen LogP contribution in [0.4, 0.5) is 13.2 Å². The summed E-state index contributed by atoms with van der Waals surface area (Å²) in [5, 5.41) is 0. The molecule has 1 fully saturated rings. The highest BCUT2D eigenvalue weighted by molar-refractivity contribution is 7.88. The van der Waals surface area contributed by atoms with Gasteiger partial charge in [-0.3, -0.25) is 19.2 Å². The van der Waals surface area contributed by atoms with Crippen molar-refractivity contribution >= 4 is 10.0 Å². The van der Waals surface area contributed by atoms with Crippen molar-refractivity contribution in [1.82, 2.24) is 28.7 Å². The lowest BCUT2D eigenvalue weighted by Crippen LogP contribution is -2.39. The smallest absolute Gasteiger partial charge is 0.406 e. The van der Waals surface area contributed by atoms with Crippen molar-refractivity contribution in [2.75, 3.05) is 33.1 Å². The number of nitrogens with zero attached hydrogens (tertiary/aromatic N) is 6. The number of fused-ring (bicyclic) bond motifs is 1. The van der Waals surface area contributed by atoms with E-state index in [1.807, 2.05) is 0 Å². The molecule has 0 spiro atoms. The highest BCUT2D eigenvalue weighted by Gasteiger charge is 2.32. The number of halogens is 3. The number of alkyl halides is 3. The van der Waals surface area contributed by atoms with Gasteiger partial charge in [0.2, 0.25) is 21.7 Å². The zero-order valence-electron chi connectivity index (χ0n) is 19.9. The Hall–Kier alpha value is -2.78. The SMILES string of the molecule is COc1cnc2c(n1)CN(Cc1ncc(OCC3CCN(S(C)(=O)=O)CC3)c(=O)n1CC(F)(F)F)C2. The zero-order valence-corrected chi connectivity index (χ0v) is 20.7. The molecule has 0 bridgehead atoms. The molecule has 0 unspecified atom stereocenters. The molecule has 2 aliphatic heterocycles. The zero-order chi connectivity index (χ0) is 26.1. The fraction of sp³-hybridized carbons (Fsp3) is 0.619. The van der Waals surface area contributed by atoms with Gasteiger partial charge in [-0.2, -0.15) is 13.2 Å². The summed E-state index contributed by atoms with van der Waals surface area (Å²) >= 11 is 0. The molecule has 198 valence electrons. The quantitative estimate of drug-likeness (QED) is 0.493. The summed E-state index contributed by atoms with van der Waals surface area (Å²) in [5.74, 6) is -0.0123. The summed E-state index contributed by atoms with van der Waals surface area (Å²) in [6.45, 7) is -0.101. The third-order valence-corrected chi connectivity index (χ3v) is 7.49. The van der Waals surface area contributed by atoms with E-state index in [1.54, 1.807) is 4.90 Å². The minimum Gasteiger partial charge on any atom is -0.486 e. The average molecular weight is 533 g/mol.